The number of hydrogen-bond donors (Lipinski definition) is 2. The van der Waals surface area contributed by atoms with Crippen molar-refractivity contribution in [1.29, 1.82) is 0 Å². The predicted molar refractivity (Wildman–Crippen MR) is 93.1 cm³/mol. The molecule has 2 N–H and O–H groups in total. The summed E-state index contributed by atoms with van der Waals surface area (Å²) in [5.41, 5.74) is 0.871. The first kappa shape index (κ1) is 16.5. The van der Waals surface area contributed by atoms with Crippen molar-refractivity contribution >= 4 is 52.1 Å². The van der Waals surface area contributed by atoms with Crippen LogP contribution in [0.4, 0.5) is 5.69 Å². The van der Waals surface area contributed by atoms with Crippen LogP contribution in [0.3, 0.4) is 0 Å². The normalized spacial score (nSPS) is 9.95. The van der Waals surface area contributed by atoms with Crippen LogP contribution in [0.15, 0.2) is 42.5 Å². The number of carbonyl (C=O) groups is 1. The van der Waals surface area contributed by atoms with E-state index in [0.29, 0.717) is 11.4 Å². The van der Waals surface area contributed by atoms with Crippen LogP contribution in [0.5, 0.6) is 5.75 Å². The van der Waals surface area contributed by atoms with Crippen molar-refractivity contribution in [3.05, 3.63) is 58.1 Å². The molecule has 0 radical (unpaired) electrons. The molecule has 22 heavy (non-hydrogen) atoms. The molecule has 0 heterocycles. The maximum atomic E-state index is 12.2. The Morgan fingerprint density at radius 1 is 1.14 bits per heavy atom. The number of rotatable bonds is 3. The molecule has 0 fully saturated rings. The van der Waals surface area contributed by atoms with E-state index in [0.717, 1.165) is 0 Å². The van der Waals surface area contributed by atoms with Crippen molar-refractivity contribution in [3.8, 4) is 5.75 Å². The monoisotopic (exact) mass is 354 g/mol. The van der Waals surface area contributed by atoms with E-state index >= 15 is 0 Å². The quantitative estimate of drug-likeness (QED) is 0.813. The molecule has 2 aromatic carbocycles. The van der Waals surface area contributed by atoms with Crippen LogP contribution < -0.4 is 15.4 Å². The number of benzene rings is 2. The second-order valence-electron chi connectivity index (χ2n) is 4.24. The highest BCUT2D eigenvalue weighted by atomic mass is 35.5. The van der Waals surface area contributed by atoms with E-state index < -0.39 is 5.91 Å². The van der Waals surface area contributed by atoms with Crippen molar-refractivity contribution in [2.24, 2.45) is 0 Å². The van der Waals surface area contributed by atoms with Gasteiger partial charge in [0.15, 0.2) is 5.11 Å². The van der Waals surface area contributed by atoms with Gasteiger partial charge in [0.05, 0.1) is 22.7 Å². The van der Waals surface area contributed by atoms with Gasteiger partial charge in [0, 0.05) is 11.8 Å². The van der Waals surface area contributed by atoms with Crippen LogP contribution in [-0.4, -0.2) is 18.1 Å². The van der Waals surface area contributed by atoms with E-state index in [1.54, 1.807) is 49.6 Å². The highest BCUT2D eigenvalue weighted by Crippen LogP contribution is 2.24. The fraction of sp³-hybridized carbons (Fsp3) is 0.0667. The molecule has 114 valence electrons. The van der Waals surface area contributed by atoms with Gasteiger partial charge in [0.1, 0.15) is 5.75 Å². The number of amides is 1. The molecule has 0 aliphatic carbocycles. The summed E-state index contributed by atoms with van der Waals surface area (Å²) in [7, 11) is 1.57. The molecule has 0 aliphatic heterocycles. The number of carbonyl (C=O) groups excluding carboxylic acids is 1. The molecular weight excluding hydrogens is 343 g/mol. The standard InChI is InChI=1S/C15H12Cl2N2O2S/c1-21-10-5-2-4-9(8-10)18-15(22)19-14(20)13-11(16)6-3-7-12(13)17/h2-8H,1H3,(H2,18,19,20,22). The maximum Gasteiger partial charge on any atom is 0.260 e. The molecule has 1 amide bonds. The van der Waals surface area contributed by atoms with E-state index in [1.165, 1.54) is 0 Å². The lowest BCUT2D eigenvalue weighted by atomic mass is 10.2. The molecule has 7 heteroatoms. The molecule has 0 aromatic heterocycles. The molecule has 2 aromatic rings. The maximum absolute atomic E-state index is 12.2. The number of thiocarbonyl (C=S) groups is 1. The zero-order chi connectivity index (χ0) is 16.1. The third-order valence-electron chi connectivity index (χ3n) is 2.74. The number of nitrogens with one attached hydrogen (secondary N) is 2. The lowest BCUT2D eigenvalue weighted by Gasteiger charge is -2.11. The van der Waals surface area contributed by atoms with Crippen LogP contribution in [0.1, 0.15) is 10.4 Å². The van der Waals surface area contributed by atoms with Crippen LogP contribution in [0, 0.1) is 0 Å². The Morgan fingerprint density at radius 2 is 1.77 bits per heavy atom. The Morgan fingerprint density at radius 3 is 2.41 bits per heavy atom. The summed E-state index contributed by atoms with van der Waals surface area (Å²) in [5, 5.41) is 6.08. The predicted octanol–water partition coefficient (Wildman–Crippen LogP) is 4.13. The average molecular weight is 355 g/mol. The summed E-state index contributed by atoms with van der Waals surface area (Å²) >= 11 is 17.1. The van der Waals surface area contributed by atoms with Gasteiger partial charge in [0.2, 0.25) is 0 Å². The van der Waals surface area contributed by atoms with Gasteiger partial charge in [-0.1, -0.05) is 35.3 Å². The molecule has 0 bridgehead atoms. The number of hydrogen-bond acceptors (Lipinski definition) is 3. The van der Waals surface area contributed by atoms with Gasteiger partial charge in [-0.2, -0.15) is 0 Å². The number of methoxy groups -OCH3 is 1. The van der Waals surface area contributed by atoms with E-state index in [4.69, 9.17) is 40.2 Å². The van der Waals surface area contributed by atoms with Gasteiger partial charge in [-0.05, 0) is 36.5 Å². The molecule has 0 aliphatic rings. The van der Waals surface area contributed by atoms with Crippen molar-refractivity contribution in [3.63, 3.8) is 0 Å². The minimum Gasteiger partial charge on any atom is -0.497 e. The van der Waals surface area contributed by atoms with Gasteiger partial charge in [-0.25, -0.2) is 0 Å². The molecule has 0 saturated heterocycles. The summed E-state index contributed by atoms with van der Waals surface area (Å²) in [4.78, 5) is 12.2. The Balaban J connectivity index is 2.07. The number of ether oxygens (including phenoxy) is 1. The molecule has 0 unspecified atom stereocenters. The minimum atomic E-state index is -0.476. The lowest BCUT2D eigenvalue weighted by Crippen LogP contribution is -2.34. The van der Waals surface area contributed by atoms with E-state index in [-0.39, 0.29) is 20.7 Å². The summed E-state index contributed by atoms with van der Waals surface area (Å²) in [6, 6.07) is 12.0. The Hall–Kier alpha value is -1.82. The molecule has 2 rings (SSSR count). The molecule has 0 spiro atoms. The fourth-order valence-corrected chi connectivity index (χ4v) is 2.52. The first-order valence-electron chi connectivity index (χ1n) is 6.21. The highest BCUT2D eigenvalue weighted by Gasteiger charge is 2.15. The van der Waals surface area contributed by atoms with Crippen LogP contribution in [0.2, 0.25) is 10.0 Å². The fourth-order valence-electron chi connectivity index (χ4n) is 1.74. The van der Waals surface area contributed by atoms with Crippen LogP contribution in [0.25, 0.3) is 0 Å². The number of halogens is 2. The topological polar surface area (TPSA) is 50.4 Å². The lowest BCUT2D eigenvalue weighted by molar-refractivity contribution is 0.0978. The van der Waals surface area contributed by atoms with Crippen LogP contribution in [-0.2, 0) is 0 Å². The molecular formula is C15H12Cl2N2O2S. The average Bonchev–Trinajstić information content (AvgIpc) is 2.47. The highest BCUT2D eigenvalue weighted by molar-refractivity contribution is 7.80. The van der Waals surface area contributed by atoms with E-state index in [1.807, 2.05) is 0 Å². The first-order chi connectivity index (χ1) is 10.5. The minimum absolute atomic E-state index is 0.134. The smallest absolute Gasteiger partial charge is 0.260 e. The van der Waals surface area contributed by atoms with E-state index in [2.05, 4.69) is 10.6 Å². The van der Waals surface area contributed by atoms with Crippen LogP contribution >= 0.6 is 35.4 Å². The van der Waals surface area contributed by atoms with Gasteiger partial charge in [0.25, 0.3) is 5.91 Å². The third-order valence-corrected chi connectivity index (χ3v) is 3.58. The van der Waals surface area contributed by atoms with Gasteiger partial charge < -0.3 is 10.1 Å². The van der Waals surface area contributed by atoms with Gasteiger partial charge in [-0.15, -0.1) is 0 Å². The SMILES string of the molecule is COc1cccc(NC(=S)NC(=O)c2c(Cl)cccc2Cl)c1. The largest absolute Gasteiger partial charge is 0.497 e. The van der Waals surface area contributed by atoms with Crippen molar-refractivity contribution in [2.45, 2.75) is 0 Å². The zero-order valence-corrected chi connectivity index (χ0v) is 13.9. The second-order valence-corrected chi connectivity index (χ2v) is 5.46. The summed E-state index contributed by atoms with van der Waals surface area (Å²) in [5.74, 6) is 0.198. The van der Waals surface area contributed by atoms with Crippen molar-refractivity contribution < 1.29 is 9.53 Å². The Labute approximate surface area is 143 Å². The molecule has 0 atom stereocenters. The van der Waals surface area contributed by atoms with E-state index in [9.17, 15) is 4.79 Å². The summed E-state index contributed by atoms with van der Waals surface area (Å²) in [6.45, 7) is 0. The Kier molecular flexibility index (Phi) is 5.60. The molecule has 0 saturated carbocycles. The van der Waals surface area contributed by atoms with Crippen molar-refractivity contribution in [2.75, 3.05) is 12.4 Å². The summed E-state index contributed by atoms with van der Waals surface area (Å²) < 4.78 is 5.11. The van der Waals surface area contributed by atoms with Gasteiger partial charge >= 0.3 is 0 Å². The second kappa shape index (κ2) is 7.45. The molecule has 4 nitrogen and oxygen atoms in total. The van der Waals surface area contributed by atoms with Gasteiger partial charge in [-0.3, -0.25) is 10.1 Å². The zero-order valence-electron chi connectivity index (χ0n) is 11.5. The Bertz CT molecular complexity index is 702. The third kappa shape index (κ3) is 4.10. The summed E-state index contributed by atoms with van der Waals surface area (Å²) in [6.07, 6.45) is 0. The first-order valence-corrected chi connectivity index (χ1v) is 7.38. The number of anilines is 1. The van der Waals surface area contributed by atoms with Crippen molar-refractivity contribution in [1.82, 2.24) is 5.32 Å².